The minimum atomic E-state index is -4.45. The highest BCUT2D eigenvalue weighted by molar-refractivity contribution is 5.98. The summed E-state index contributed by atoms with van der Waals surface area (Å²) in [5.74, 6) is 0.301. The topological polar surface area (TPSA) is 49.0 Å². The van der Waals surface area contributed by atoms with E-state index in [9.17, 15) is 18.0 Å². The van der Waals surface area contributed by atoms with Gasteiger partial charge in [-0.05, 0) is 43.7 Å². The number of H-pyrrole nitrogens is 1. The van der Waals surface area contributed by atoms with E-state index in [-0.39, 0.29) is 17.3 Å². The maximum absolute atomic E-state index is 12.9. The van der Waals surface area contributed by atoms with Crippen molar-refractivity contribution in [2.24, 2.45) is 5.92 Å². The maximum Gasteiger partial charge on any atom is 0.416 e. The number of carbonyl (C=O) groups excluding carboxylic acids is 1. The molecule has 1 aliphatic heterocycles. The molecule has 0 radical (unpaired) electrons. The Bertz CT molecular complexity index is 963. The predicted octanol–water partition coefficient (Wildman–Crippen LogP) is 4.68. The van der Waals surface area contributed by atoms with E-state index in [0.717, 1.165) is 42.0 Å². The molecule has 1 atom stereocenters. The number of ketones is 1. The summed E-state index contributed by atoms with van der Waals surface area (Å²) in [6, 6.07) is 12.5. The second kappa shape index (κ2) is 7.39. The van der Waals surface area contributed by atoms with Crippen LogP contribution in [0.25, 0.3) is 11.0 Å². The van der Waals surface area contributed by atoms with Crippen LogP contribution >= 0.6 is 0 Å². The lowest BCUT2D eigenvalue weighted by molar-refractivity contribution is -0.137. The van der Waals surface area contributed by atoms with Crippen LogP contribution in [0.3, 0.4) is 0 Å². The fraction of sp³-hybridized carbons (Fsp3) is 0.333. The van der Waals surface area contributed by atoms with Crippen LogP contribution in [0.1, 0.15) is 34.6 Å². The molecule has 1 saturated heterocycles. The van der Waals surface area contributed by atoms with Crippen LogP contribution in [-0.2, 0) is 12.7 Å². The van der Waals surface area contributed by atoms with Gasteiger partial charge in [0.05, 0.1) is 23.1 Å². The predicted molar refractivity (Wildman–Crippen MR) is 99.9 cm³/mol. The monoisotopic (exact) mass is 387 g/mol. The average molecular weight is 387 g/mol. The summed E-state index contributed by atoms with van der Waals surface area (Å²) in [5, 5.41) is 0. The van der Waals surface area contributed by atoms with Crippen LogP contribution in [0.2, 0.25) is 0 Å². The van der Waals surface area contributed by atoms with Gasteiger partial charge >= 0.3 is 6.18 Å². The molecule has 0 aliphatic carbocycles. The third kappa shape index (κ3) is 3.94. The van der Waals surface area contributed by atoms with Gasteiger partial charge in [0, 0.05) is 18.0 Å². The van der Waals surface area contributed by atoms with Gasteiger partial charge in [0.1, 0.15) is 5.82 Å². The number of Topliss-reactive ketones (excluding diaryl/α,β-unsaturated/α-hetero) is 1. The van der Waals surface area contributed by atoms with Gasteiger partial charge in [-0.25, -0.2) is 4.98 Å². The number of aromatic nitrogens is 2. The maximum atomic E-state index is 12.9. The molecule has 0 amide bonds. The Morgan fingerprint density at radius 3 is 2.79 bits per heavy atom. The molecular formula is C21H20F3N3O. The quantitative estimate of drug-likeness (QED) is 0.662. The van der Waals surface area contributed by atoms with Gasteiger partial charge in [0.25, 0.3) is 0 Å². The summed E-state index contributed by atoms with van der Waals surface area (Å²) in [7, 11) is 0. The molecule has 7 heteroatoms. The van der Waals surface area contributed by atoms with Gasteiger partial charge in [0.2, 0.25) is 0 Å². The van der Waals surface area contributed by atoms with Crippen LogP contribution in [0.5, 0.6) is 0 Å². The summed E-state index contributed by atoms with van der Waals surface area (Å²) in [6.45, 7) is 1.94. The number of piperidine rings is 1. The number of imidazole rings is 1. The number of likely N-dealkylation sites (tertiary alicyclic amines) is 1. The van der Waals surface area contributed by atoms with E-state index in [1.807, 2.05) is 24.3 Å². The van der Waals surface area contributed by atoms with E-state index in [1.165, 1.54) is 12.1 Å². The van der Waals surface area contributed by atoms with Crippen molar-refractivity contribution < 1.29 is 18.0 Å². The first-order valence-corrected chi connectivity index (χ1v) is 9.27. The number of benzene rings is 2. The van der Waals surface area contributed by atoms with Crippen molar-refractivity contribution in [1.82, 2.24) is 14.9 Å². The zero-order chi connectivity index (χ0) is 19.7. The molecule has 1 fully saturated rings. The van der Waals surface area contributed by atoms with Crippen molar-refractivity contribution in [3.8, 4) is 0 Å². The van der Waals surface area contributed by atoms with Gasteiger partial charge in [-0.2, -0.15) is 13.2 Å². The van der Waals surface area contributed by atoms with Crippen LogP contribution < -0.4 is 0 Å². The first-order valence-electron chi connectivity index (χ1n) is 9.27. The van der Waals surface area contributed by atoms with Crippen LogP contribution in [0, 0.1) is 5.92 Å². The molecule has 0 bridgehead atoms. The SMILES string of the molecule is O=C(c1cccc(C(F)(F)F)c1)[C@H]1CCCN(Cc2nc3ccccc3[nH]2)C1. The Morgan fingerprint density at radius 1 is 1.18 bits per heavy atom. The summed E-state index contributed by atoms with van der Waals surface area (Å²) in [5.41, 5.74) is 1.20. The second-order valence-electron chi connectivity index (χ2n) is 7.22. The molecular weight excluding hydrogens is 367 g/mol. The highest BCUT2D eigenvalue weighted by Crippen LogP contribution is 2.31. The minimum absolute atomic E-state index is 0.130. The highest BCUT2D eigenvalue weighted by atomic mass is 19.4. The molecule has 4 rings (SSSR count). The fourth-order valence-corrected chi connectivity index (χ4v) is 3.79. The Hall–Kier alpha value is -2.67. The van der Waals surface area contributed by atoms with Crippen molar-refractivity contribution in [3.63, 3.8) is 0 Å². The van der Waals surface area contributed by atoms with E-state index in [0.29, 0.717) is 19.5 Å². The lowest BCUT2D eigenvalue weighted by Crippen LogP contribution is -2.38. The number of alkyl halides is 3. The Labute approximate surface area is 160 Å². The van der Waals surface area contributed by atoms with Crippen LogP contribution in [-0.4, -0.2) is 33.7 Å². The number of rotatable bonds is 4. The van der Waals surface area contributed by atoms with Crippen molar-refractivity contribution in [2.45, 2.75) is 25.6 Å². The Balaban J connectivity index is 1.46. The molecule has 2 aromatic carbocycles. The van der Waals surface area contributed by atoms with Crippen molar-refractivity contribution >= 4 is 16.8 Å². The fourth-order valence-electron chi connectivity index (χ4n) is 3.79. The van der Waals surface area contributed by atoms with Gasteiger partial charge in [0.15, 0.2) is 5.78 Å². The van der Waals surface area contributed by atoms with Crippen molar-refractivity contribution in [3.05, 3.63) is 65.5 Å². The van der Waals surface area contributed by atoms with Gasteiger partial charge in [-0.3, -0.25) is 9.69 Å². The molecule has 1 aromatic heterocycles. The Morgan fingerprint density at radius 2 is 2.00 bits per heavy atom. The smallest absolute Gasteiger partial charge is 0.341 e. The van der Waals surface area contributed by atoms with E-state index >= 15 is 0 Å². The number of hydrogen-bond donors (Lipinski definition) is 1. The van der Waals surface area contributed by atoms with E-state index < -0.39 is 11.7 Å². The number of nitrogens with one attached hydrogen (secondary N) is 1. The zero-order valence-electron chi connectivity index (χ0n) is 15.2. The molecule has 0 saturated carbocycles. The molecule has 0 spiro atoms. The molecule has 1 N–H and O–H groups in total. The molecule has 4 nitrogen and oxygen atoms in total. The first-order chi connectivity index (χ1) is 13.4. The molecule has 28 heavy (non-hydrogen) atoms. The minimum Gasteiger partial charge on any atom is -0.341 e. The molecule has 1 aliphatic rings. The van der Waals surface area contributed by atoms with Gasteiger partial charge in [-0.15, -0.1) is 0 Å². The lowest BCUT2D eigenvalue weighted by atomic mass is 9.89. The number of hydrogen-bond acceptors (Lipinski definition) is 3. The average Bonchev–Trinajstić information content (AvgIpc) is 3.09. The summed E-state index contributed by atoms with van der Waals surface area (Å²) >= 11 is 0. The lowest BCUT2D eigenvalue weighted by Gasteiger charge is -2.31. The Kier molecular flexibility index (Phi) is 4.93. The van der Waals surface area contributed by atoms with Gasteiger partial charge < -0.3 is 4.98 Å². The third-order valence-electron chi connectivity index (χ3n) is 5.16. The standard InChI is InChI=1S/C21H20F3N3O/c22-21(23,24)16-7-3-5-14(11-16)20(28)15-6-4-10-27(12-15)13-19-25-17-8-1-2-9-18(17)26-19/h1-3,5,7-9,11,15H,4,6,10,12-13H2,(H,25,26)/t15-/m0/s1. The summed E-state index contributed by atoms with van der Waals surface area (Å²) in [6.07, 6.45) is -2.93. The van der Waals surface area contributed by atoms with Crippen molar-refractivity contribution in [1.29, 1.82) is 0 Å². The highest BCUT2D eigenvalue weighted by Gasteiger charge is 2.32. The number of para-hydroxylation sites is 2. The third-order valence-corrected chi connectivity index (χ3v) is 5.16. The normalized spacial score (nSPS) is 18.5. The number of fused-ring (bicyclic) bond motifs is 1. The van der Waals surface area contributed by atoms with Gasteiger partial charge in [-0.1, -0.05) is 24.3 Å². The molecule has 3 aromatic rings. The van der Waals surface area contributed by atoms with E-state index in [1.54, 1.807) is 0 Å². The number of halogens is 3. The molecule has 146 valence electrons. The number of carbonyl (C=O) groups is 1. The molecule has 2 heterocycles. The van der Waals surface area contributed by atoms with E-state index in [4.69, 9.17) is 0 Å². The summed E-state index contributed by atoms with van der Waals surface area (Å²) < 4.78 is 38.8. The van der Waals surface area contributed by atoms with Crippen molar-refractivity contribution in [2.75, 3.05) is 13.1 Å². The molecule has 0 unspecified atom stereocenters. The van der Waals surface area contributed by atoms with Crippen LogP contribution in [0.15, 0.2) is 48.5 Å². The first kappa shape index (κ1) is 18.7. The second-order valence-corrected chi connectivity index (χ2v) is 7.22. The number of aromatic amines is 1. The largest absolute Gasteiger partial charge is 0.416 e. The van der Waals surface area contributed by atoms with Crippen LogP contribution in [0.4, 0.5) is 13.2 Å². The summed E-state index contributed by atoms with van der Waals surface area (Å²) in [4.78, 5) is 22.8. The number of nitrogens with zero attached hydrogens (tertiary/aromatic N) is 2. The van der Waals surface area contributed by atoms with E-state index in [2.05, 4.69) is 14.9 Å². The zero-order valence-corrected chi connectivity index (χ0v) is 15.2.